The summed E-state index contributed by atoms with van der Waals surface area (Å²) >= 11 is 0. The molecule has 9 rings (SSSR count). The fraction of sp³-hybridized carbons (Fsp3) is 0.359. The zero-order valence-electron chi connectivity index (χ0n) is 53.2. The van der Waals surface area contributed by atoms with E-state index < -0.39 is 36.1 Å². The zero-order valence-corrected chi connectivity index (χ0v) is 53.2. The molecule has 3 fully saturated rings. The van der Waals surface area contributed by atoms with Crippen LogP contribution in [0.25, 0.3) is 0 Å². The first-order valence-electron chi connectivity index (χ1n) is 30.5. The summed E-state index contributed by atoms with van der Waals surface area (Å²) in [7, 11) is 2.93. The molecule has 0 aliphatic carbocycles. The molecule has 4 aromatic heterocycles. The van der Waals surface area contributed by atoms with E-state index in [4.69, 9.17) is 26.8 Å². The molecule has 506 valence electrons. The van der Waals surface area contributed by atoms with Gasteiger partial charge in [0.25, 0.3) is 5.91 Å². The molecule has 2 aromatic carbocycles. The van der Waals surface area contributed by atoms with Gasteiger partial charge in [-0.2, -0.15) is 0 Å². The van der Waals surface area contributed by atoms with Crippen molar-refractivity contribution in [3.63, 3.8) is 0 Å². The maximum Gasteiger partial charge on any atom is 0.337 e. The number of pyridine rings is 4. The second kappa shape index (κ2) is 39.1. The number of amides is 11. The van der Waals surface area contributed by atoms with Crippen LogP contribution in [0.2, 0.25) is 0 Å². The van der Waals surface area contributed by atoms with Crippen LogP contribution in [0, 0.1) is 0 Å². The summed E-state index contributed by atoms with van der Waals surface area (Å²) in [6.07, 6.45) is 11.0. The number of hydroxylamine groups is 2. The van der Waals surface area contributed by atoms with Crippen molar-refractivity contribution in [2.45, 2.75) is 77.3 Å². The number of urea groups is 4. The van der Waals surface area contributed by atoms with E-state index in [-0.39, 0.29) is 69.1 Å². The Morgan fingerprint density at radius 3 is 1.48 bits per heavy atom. The van der Waals surface area contributed by atoms with E-state index in [1.807, 2.05) is 47.4 Å². The molecule has 2 atom stereocenters. The first kappa shape index (κ1) is 72.7. The van der Waals surface area contributed by atoms with Crippen LogP contribution in [0.5, 0.6) is 5.75 Å². The fourth-order valence-electron chi connectivity index (χ4n) is 9.57. The van der Waals surface area contributed by atoms with Crippen LogP contribution in [0.4, 0.5) is 36.6 Å². The Morgan fingerprint density at radius 1 is 0.516 bits per heavy atom. The van der Waals surface area contributed by atoms with Crippen molar-refractivity contribution in [1.29, 1.82) is 0 Å². The number of esters is 2. The van der Waals surface area contributed by atoms with Gasteiger partial charge in [0.1, 0.15) is 36.3 Å². The highest BCUT2D eigenvalue weighted by Gasteiger charge is 2.33. The molecule has 3 saturated heterocycles. The number of likely N-dealkylation sites (tertiary alicyclic amines) is 2. The molecule has 3 aliphatic heterocycles. The summed E-state index contributed by atoms with van der Waals surface area (Å²) in [5.74, 6) is 0.631. The number of anilines is 3. The molecule has 6 aromatic rings. The molecule has 0 spiro atoms. The molecule has 3 aliphatic rings. The molecule has 95 heavy (non-hydrogen) atoms. The zero-order chi connectivity index (χ0) is 68.3. The van der Waals surface area contributed by atoms with Gasteiger partial charge >= 0.3 is 36.1 Å². The third-order valence-corrected chi connectivity index (χ3v) is 14.3. The van der Waals surface area contributed by atoms with Crippen molar-refractivity contribution in [3.05, 3.63) is 167 Å². The minimum absolute atomic E-state index is 0.0191. The number of hydrogen-bond donors (Lipinski definition) is 11. The van der Waals surface area contributed by atoms with Gasteiger partial charge in [-0.1, -0.05) is 54.6 Å². The normalized spacial score (nSPS) is 14.2. The second-order valence-corrected chi connectivity index (χ2v) is 21.1. The number of nitrogens with two attached hydrogens (primary N) is 3. The predicted octanol–water partition coefficient (Wildman–Crippen LogP) is 3.52. The lowest BCUT2D eigenvalue weighted by molar-refractivity contribution is -0.167. The van der Waals surface area contributed by atoms with Crippen molar-refractivity contribution < 1.29 is 62.2 Å². The summed E-state index contributed by atoms with van der Waals surface area (Å²) in [6, 6.07) is 28.7. The molecule has 7 heterocycles. The van der Waals surface area contributed by atoms with Crippen LogP contribution in [-0.4, -0.2) is 162 Å². The maximum absolute atomic E-state index is 12.7. The van der Waals surface area contributed by atoms with E-state index in [1.54, 1.807) is 104 Å². The van der Waals surface area contributed by atoms with Crippen LogP contribution in [0.3, 0.4) is 0 Å². The van der Waals surface area contributed by atoms with E-state index in [9.17, 15) is 43.2 Å². The Hall–Kier alpha value is -11.4. The number of carbonyl (C=O) groups is 9. The molecule has 0 radical (unpaired) electrons. The summed E-state index contributed by atoms with van der Waals surface area (Å²) < 4.78 is 14.7. The monoisotopic (exact) mass is 1310 g/mol. The number of para-hydroxylation sites is 1. The summed E-state index contributed by atoms with van der Waals surface area (Å²) in [5, 5.41) is 21.9. The number of nitrogen functional groups attached to an aromatic ring is 3. The number of carbonyl (C=O) groups excluding carboxylic acids is 9. The van der Waals surface area contributed by atoms with Crippen molar-refractivity contribution in [1.82, 2.24) is 77.3 Å². The van der Waals surface area contributed by atoms with E-state index in [0.29, 0.717) is 68.9 Å². The van der Waals surface area contributed by atoms with E-state index in [2.05, 4.69) is 71.9 Å². The number of methoxy groups -OCH3 is 2. The highest BCUT2D eigenvalue weighted by molar-refractivity contribution is 5.89. The fourth-order valence-corrected chi connectivity index (χ4v) is 9.57. The molecule has 14 N–H and O–H groups in total. The van der Waals surface area contributed by atoms with Crippen LogP contribution in [0.15, 0.2) is 128 Å². The van der Waals surface area contributed by atoms with Crippen molar-refractivity contribution in [3.8, 4) is 5.75 Å². The maximum atomic E-state index is 12.7. The van der Waals surface area contributed by atoms with Gasteiger partial charge in [0.05, 0.1) is 70.4 Å². The summed E-state index contributed by atoms with van der Waals surface area (Å²) in [6.45, 7) is 5.18. The lowest BCUT2D eigenvalue weighted by Crippen LogP contribution is -2.43. The lowest BCUT2D eigenvalue weighted by Gasteiger charge is -2.26. The molecular weight excluding hydrogens is 1230 g/mol. The van der Waals surface area contributed by atoms with Gasteiger partial charge in [-0.25, -0.2) is 44.0 Å². The molecule has 0 bridgehead atoms. The summed E-state index contributed by atoms with van der Waals surface area (Å²) in [4.78, 5) is 131. The molecule has 31 nitrogen and oxygen atoms in total. The number of hydrogen-bond acceptors (Lipinski definition) is 20. The number of rotatable bonds is 21. The molecule has 0 saturated carbocycles. The Labute approximate surface area is 549 Å². The van der Waals surface area contributed by atoms with Gasteiger partial charge < -0.3 is 83.7 Å². The largest absolute Gasteiger partial charge is 0.496 e. The van der Waals surface area contributed by atoms with Crippen molar-refractivity contribution >= 4 is 71.2 Å². The average Bonchev–Trinajstić information content (AvgIpc) is 1.78. The standard InChI is InChI=1S/C20H25N5O3.C18H22N6O2.C14H18N2O5.C12H17N5O3/c1-28-17-7-3-2-5-15(17)16-6-4-10-25(16)19(26)13-24-20(27)23-12-14-8-9-18(21)22-11-14;19-16-7-6-13(10-21-16)11-22-18(26)23-12-17(25)24-9-3-5-15(24)14-4-1-2-8-20-14;1-3-21-12(17)9-16-14(19)15-8-10-5-4-6-11(7-10)13(18)20-2;13-10-3-2-9(6-14-10)7-15-12(19)16-8-11(18)17-4-1-5-20-17/h2-3,5,7-9,11,16H,4,6,10,12-13H2,1H3,(H2,21,22)(H2,23,24,27);1-2,4,6-8,10,15H,3,5,9,11-12H2,(H2,19,21)(H2,22,23,26);4-7H,3,8-9H2,1-2H3,(H2,15,16,19);2-3,6H,1,4-5,7-8H2,(H2,13,14)(H2,15,16,19). The number of aromatic nitrogens is 4. The molecule has 11 amide bonds. The van der Waals surface area contributed by atoms with E-state index in [1.165, 1.54) is 12.2 Å². The number of nitrogens with one attached hydrogen (secondary N) is 8. The number of ether oxygens (including phenoxy) is 3. The Kier molecular flexibility index (Phi) is 29.9. The Morgan fingerprint density at radius 2 is 1.01 bits per heavy atom. The number of nitrogens with zero attached hydrogens (tertiary/aromatic N) is 7. The summed E-state index contributed by atoms with van der Waals surface area (Å²) in [5.41, 5.74) is 22.0. The van der Waals surface area contributed by atoms with E-state index in [0.717, 1.165) is 71.4 Å². The molecule has 31 heteroatoms. The van der Waals surface area contributed by atoms with Crippen LogP contribution < -0.4 is 64.5 Å². The number of benzene rings is 2. The van der Waals surface area contributed by atoms with Gasteiger partial charge in [0, 0.05) is 69.6 Å². The third kappa shape index (κ3) is 25.3. The van der Waals surface area contributed by atoms with Crippen molar-refractivity contribution in [2.75, 3.05) is 90.4 Å². The van der Waals surface area contributed by atoms with Crippen LogP contribution in [-0.2, 0) is 59.7 Å². The molecule has 2 unspecified atom stereocenters. The second-order valence-electron chi connectivity index (χ2n) is 21.1. The smallest absolute Gasteiger partial charge is 0.337 e. The van der Waals surface area contributed by atoms with E-state index >= 15 is 0 Å². The average molecular weight is 1310 g/mol. The van der Waals surface area contributed by atoms with Gasteiger partial charge in [-0.05, 0) is 110 Å². The van der Waals surface area contributed by atoms with Crippen LogP contribution >= 0.6 is 0 Å². The minimum Gasteiger partial charge on any atom is -0.496 e. The van der Waals surface area contributed by atoms with Gasteiger partial charge in [0.15, 0.2) is 0 Å². The molecular formula is C64H82N18O13. The highest BCUT2D eigenvalue weighted by Crippen LogP contribution is 2.37. The lowest BCUT2D eigenvalue weighted by atomic mass is 10.0. The van der Waals surface area contributed by atoms with Crippen LogP contribution in [0.1, 0.15) is 95.0 Å². The quantitative estimate of drug-likeness (QED) is 0.0459. The topological polar surface area (TPSA) is 426 Å². The Balaban J connectivity index is 0.000000202. The van der Waals surface area contributed by atoms with Gasteiger partial charge in [-0.15, -0.1) is 0 Å². The first-order valence-corrected chi connectivity index (χ1v) is 30.5. The first-order chi connectivity index (χ1) is 45.9. The third-order valence-electron chi connectivity index (χ3n) is 14.3. The Bertz CT molecular complexity index is 3460. The van der Waals surface area contributed by atoms with Crippen molar-refractivity contribution in [2.24, 2.45) is 0 Å². The van der Waals surface area contributed by atoms with Gasteiger partial charge in [-0.3, -0.25) is 29.0 Å². The van der Waals surface area contributed by atoms with Gasteiger partial charge in [0.2, 0.25) is 11.8 Å². The minimum atomic E-state index is -0.500. The highest BCUT2D eigenvalue weighted by atomic mass is 16.7. The SMILES string of the molecule is CCOC(=O)CNC(=O)NCc1cccc(C(=O)OC)c1.COc1ccccc1C1CCCN1C(=O)CNC(=O)NCc1ccc(N)nc1.Nc1ccc(CNC(=O)NCC(=O)N2CCCC2c2ccccn2)cn1.Nc1ccc(CNC(=O)NCC(=O)N2CCCO2)cn1. The predicted molar refractivity (Wildman–Crippen MR) is 348 cm³/mol.